The first-order chi connectivity index (χ1) is 10.9. The molecule has 0 bridgehead atoms. The number of hydrogen-bond acceptors (Lipinski definition) is 2. The quantitative estimate of drug-likeness (QED) is 0.636. The van der Waals surface area contributed by atoms with Gasteiger partial charge in [-0.1, -0.05) is 12.2 Å². The molecule has 1 aromatic rings. The van der Waals surface area contributed by atoms with Crippen molar-refractivity contribution in [2.24, 2.45) is 5.92 Å². The molecule has 1 atom stereocenters. The van der Waals surface area contributed by atoms with Crippen molar-refractivity contribution in [3.05, 3.63) is 30.9 Å². The van der Waals surface area contributed by atoms with Crippen LogP contribution in [0, 0.1) is 5.92 Å². The molecule has 0 aliphatic heterocycles. The molecule has 1 aromatic heterocycles. The minimum atomic E-state index is 0.00610. The maximum absolute atomic E-state index is 5.68. The van der Waals surface area contributed by atoms with Crippen LogP contribution in [0.5, 0.6) is 0 Å². The van der Waals surface area contributed by atoms with Crippen molar-refractivity contribution in [3.8, 4) is 0 Å². The maximum Gasteiger partial charge on any atom is 0.169 e. The molecular weight excluding hydrogens is 304 g/mol. The summed E-state index contributed by atoms with van der Waals surface area (Å²) in [6.07, 6.45) is 15.1. The van der Waals surface area contributed by atoms with Gasteiger partial charge < -0.3 is 14.8 Å². The molecule has 23 heavy (non-hydrogen) atoms. The zero-order chi connectivity index (χ0) is 16.7. The average molecular weight is 335 g/mol. The number of imidazole rings is 1. The van der Waals surface area contributed by atoms with Gasteiger partial charge in [0.25, 0.3) is 0 Å². The first-order valence-corrected chi connectivity index (χ1v) is 9.03. The Balaban J connectivity index is 1.89. The van der Waals surface area contributed by atoms with Crippen LogP contribution in [0.15, 0.2) is 30.9 Å². The van der Waals surface area contributed by atoms with Gasteiger partial charge in [-0.2, -0.15) is 0 Å². The Bertz CT molecular complexity index is 502. The van der Waals surface area contributed by atoms with Gasteiger partial charge in [0.15, 0.2) is 5.11 Å². The third-order valence-electron chi connectivity index (χ3n) is 4.03. The van der Waals surface area contributed by atoms with E-state index in [2.05, 4.69) is 52.7 Å². The second-order valence-electron chi connectivity index (χ2n) is 7.43. The fourth-order valence-corrected chi connectivity index (χ4v) is 3.34. The largest absolute Gasteiger partial charge is 0.358 e. The molecule has 0 aromatic carbocycles. The Morgan fingerprint density at radius 2 is 2.22 bits per heavy atom. The van der Waals surface area contributed by atoms with Gasteiger partial charge in [0.05, 0.1) is 6.33 Å². The van der Waals surface area contributed by atoms with Crippen LogP contribution in [0.4, 0.5) is 0 Å². The molecule has 1 N–H and O–H groups in total. The number of aryl methyl sites for hydroxylation is 1. The SMILES string of the molecule is CC(C)(C)NC(=S)N(CCCn1ccnc1)CC1CC=CCC1. The van der Waals surface area contributed by atoms with Gasteiger partial charge in [-0.15, -0.1) is 0 Å². The van der Waals surface area contributed by atoms with Gasteiger partial charge in [0.2, 0.25) is 0 Å². The number of thiocarbonyl (C=S) groups is 1. The molecule has 1 unspecified atom stereocenters. The lowest BCUT2D eigenvalue weighted by Gasteiger charge is -2.34. The zero-order valence-corrected chi connectivity index (χ0v) is 15.5. The number of nitrogens with zero attached hydrogens (tertiary/aromatic N) is 3. The minimum absolute atomic E-state index is 0.00610. The van der Waals surface area contributed by atoms with Crippen LogP contribution in [-0.4, -0.2) is 38.2 Å². The smallest absolute Gasteiger partial charge is 0.169 e. The molecule has 0 radical (unpaired) electrons. The molecule has 1 aliphatic rings. The number of rotatable bonds is 6. The van der Waals surface area contributed by atoms with Crippen LogP contribution in [0.3, 0.4) is 0 Å². The summed E-state index contributed by atoms with van der Waals surface area (Å²) in [6, 6.07) is 0. The summed E-state index contributed by atoms with van der Waals surface area (Å²) >= 11 is 5.68. The summed E-state index contributed by atoms with van der Waals surface area (Å²) in [5, 5.41) is 4.36. The third-order valence-corrected chi connectivity index (χ3v) is 4.39. The highest BCUT2D eigenvalue weighted by Gasteiger charge is 2.20. The normalized spacial score (nSPS) is 18.0. The third kappa shape index (κ3) is 6.73. The Hall–Kier alpha value is -1.36. The molecule has 1 heterocycles. The molecule has 0 amide bonds. The molecule has 0 saturated carbocycles. The topological polar surface area (TPSA) is 33.1 Å². The van der Waals surface area contributed by atoms with Gasteiger partial charge in [0.1, 0.15) is 0 Å². The molecule has 0 spiro atoms. The first-order valence-electron chi connectivity index (χ1n) is 8.62. The van der Waals surface area contributed by atoms with Crippen molar-refractivity contribution in [1.82, 2.24) is 19.8 Å². The fraction of sp³-hybridized carbons (Fsp3) is 0.667. The van der Waals surface area contributed by atoms with Crippen LogP contribution >= 0.6 is 12.2 Å². The second-order valence-corrected chi connectivity index (χ2v) is 7.82. The summed E-state index contributed by atoms with van der Waals surface area (Å²) in [6.45, 7) is 9.50. The van der Waals surface area contributed by atoms with Gasteiger partial charge in [-0.05, 0) is 64.6 Å². The van der Waals surface area contributed by atoms with Crippen LogP contribution in [0.2, 0.25) is 0 Å². The lowest BCUT2D eigenvalue weighted by Crippen LogP contribution is -2.50. The monoisotopic (exact) mass is 334 g/mol. The lowest BCUT2D eigenvalue weighted by atomic mass is 9.94. The van der Waals surface area contributed by atoms with E-state index < -0.39 is 0 Å². The maximum atomic E-state index is 5.68. The molecule has 0 saturated heterocycles. The van der Waals surface area contributed by atoms with Crippen molar-refractivity contribution in [2.75, 3.05) is 13.1 Å². The molecule has 2 rings (SSSR count). The Morgan fingerprint density at radius 3 is 2.83 bits per heavy atom. The summed E-state index contributed by atoms with van der Waals surface area (Å²) in [5.74, 6) is 0.716. The van der Waals surface area contributed by atoms with E-state index in [0.717, 1.165) is 31.2 Å². The van der Waals surface area contributed by atoms with Gasteiger partial charge in [0, 0.05) is 37.6 Å². The number of nitrogens with one attached hydrogen (secondary N) is 1. The lowest BCUT2D eigenvalue weighted by molar-refractivity contribution is 0.302. The Kier molecular flexibility index (Phi) is 6.63. The molecule has 0 fully saturated rings. The summed E-state index contributed by atoms with van der Waals surface area (Å²) in [7, 11) is 0. The van der Waals surface area contributed by atoms with E-state index in [4.69, 9.17) is 12.2 Å². The van der Waals surface area contributed by atoms with Crippen molar-refractivity contribution in [2.45, 2.75) is 58.5 Å². The zero-order valence-electron chi connectivity index (χ0n) is 14.7. The van der Waals surface area contributed by atoms with Crippen molar-refractivity contribution in [1.29, 1.82) is 0 Å². The van der Waals surface area contributed by atoms with E-state index in [1.165, 1.54) is 19.3 Å². The van der Waals surface area contributed by atoms with Crippen LogP contribution < -0.4 is 5.32 Å². The van der Waals surface area contributed by atoms with E-state index in [9.17, 15) is 0 Å². The van der Waals surface area contributed by atoms with E-state index >= 15 is 0 Å². The first kappa shape index (κ1) is 18.0. The van der Waals surface area contributed by atoms with Crippen LogP contribution in [0.25, 0.3) is 0 Å². The number of hydrogen-bond donors (Lipinski definition) is 1. The standard InChI is InChI=1S/C18H30N4S/c1-18(2,3)20-17(23)22(14-16-8-5-4-6-9-16)12-7-11-21-13-10-19-15-21/h4-5,10,13,15-16H,6-9,11-12,14H2,1-3H3,(H,20,23). The predicted molar refractivity (Wildman–Crippen MR) is 100 cm³/mol. The van der Waals surface area contributed by atoms with Crippen molar-refractivity contribution in [3.63, 3.8) is 0 Å². The van der Waals surface area contributed by atoms with Gasteiger partial charge in [-0.3, -0.25) is 0 Å². The van der Waals surface area contributed by atoms with Crippen LogP contribution in [-0.2, 0) is 6.54 Å². The van der Waals surface area contributed by atoms with E-state index in [1.807, 2.05) is 18.7 Å². The van der Waals surface area contributed by atoms with Crippen molar-refractivity contribution < 1.29 is 0 Å². The van der Waals surface area contributed by atoms with Crippen LogP contribution in [0.1, 0.15) is 46.5 Å². The Morgan fingerprint density at radius 1 is 1.39 bits per heavy atom. The molecular formula is C18H30N4S. The van der Waals surface area contributed by atoms with Crippen molar-refractivity contribution >= 4 is 17.3 Å². The van der Waals surface area contributed by atoms with Gasteiger partial charge >= 0.3 is 0 Å². The minimum Gasteiger partial charge on any atom is -0.358 e. The number of aromatic nitrogens is 2. The molecule has 1 aliphatic carbocycles. The average Bonchev–Trinajstić information content (AvgIpc) is 2.99. The fourth-order valence-electron chi connectivity index (χ4n) is 2.87. The summed E-state index contributed by atoms with van der Waals surface area (Å²) in [4.78, 5) is 6.46. The predicted octanol–water partition coefficient (Wildman–Crippen LogP) is 3.60. The van der Waals surface area contributed by atoms with E-state index in [1.54, 1.807) is 0 Å². The summed E-state index contributed by atoms with van der Waals surface area (Å²) in [5.41, 5.74) is 0.00610. The highest BCUT2D eigenvalue weighted by Crippen LogP contribution is 2.20. The highest BCUT2D eigenvalue weighted by molar-refractivity contribution is 7.80. The Labute approximate surface area is 146 Å². The number of allylic oxidation sites excluding steroid dienone is 2. The van der Waals surface area contributed by atoms with E-state index in [-0.39, 0.29) is 5.54 Å². The van der Waals surface area contributed by atoms with Gasteiger partial charge in [-0.25, -0.2) is 4.98 Å². The molecule has 5 heteroatoms. The molecule has 4 nitrogen and oxygen atoms in total. The summed E-state index contributed by atoms with van der Waals surface area (Å²) < 4.78 is 2.13. The molecule has 128 valence electrons. The highest BCUT2D eigenvalue weighted by atomic mass is 32.1. The van der Waals surface area contributed by atoms with E-state index in [0.29, 0.717) is 5.92 Å². The second kappa shape index (κ2) is 8.48.